The van der Waals surface area contributed by atoms with Gasteiger partial charge in [0.05, 0.1) is 26.3 Å². The number of hydrogen-bond acceptors (Lipinski definition) is 5. The normalized spacial score (nSPS) is 13.2. The quantitative estimate of drug-likeness (QED) is 0.335. The van der Waals surface area contributed by atoms with Crippen molar-refractivity contribution >= 4 is 20.7 Å². The lowest BCUT2D eigenvalue weighted by molar-refractivity contribution is 0.275. The van der Waals surface area contributed by atoms with E-state index in [1.807, 2.05) is 0 Å². The molecule has 0 spiro atoms. The van der Waals surface area contributed by atoms with E-state index >= 15 is 0 Å². The van der Waals surface area contributed by atoms with Crippen LogP contribution >= 0.6 is 8.25 Å². The van der Waals surface area contributed by atoms with Crippen LogP contribution in [0.2, 0.25) is 0 Å². The minimum atomic E-state index is -2.45. The van der Waals surface area contributed by atoms with Gasteiger partial charge in [0.2, 0.25) is 0 Å². The fraction of sp³-hybridized carbons (Fsp3) is 0.400. The average molecular weight is 244 g/mol. The van der Waals surface area contributed by atoms with Gasteiger partial charge in [-0.15, -0.1) is 13.2 Å². The Hall–Kier alpha value is -1.03. The molecule has 0 heterocycles. The van der Waals surface area contributed by atoms with Gasteiger partial charge in [0.25, 0.3) is 0 Å². The largest absolute Gasteiger partial charge is 0.319 e. The predicted octanol–water partition coefficient (Wildman–Crippen LogP) is 1.92. The van der Waals surface area contributed by atoms with Crippen LogP contribution in [0.4, 0.5) is 0 Å². The second kappa shape index (κ2) is 12.0. The maximum Gasteiger partial charge on any atom is 0.319 e. The van der Waals surface area contributed by atoms with Gasteiger partial charge in [0, 0.05) is 12.4 Å². The Kier molecular flexibility index (Phi) is 11.3. The summed E-state index contributed by atoms with van der Waals surface area (Å²) in [5.74, 6) is 0. The maximum atomic E-state index is 11.1. The SMILES string of the molecule is C=CCN=CCO[PH](=O)OCC=NCC=C. The van der Waals surface area contributed by atoms with E-state index in [1.165, 1.54) is 12.4 Å². The molecule has 0 aliphatic rings. The zero-order valence-electron chi connectivity index (χ0n) is 9.17. The first kappa shape index (κ1) is 15.0. The van der Waals surface area contributed by atoms with Crippen molar-refractivity contribution in [2.75, 3.05) is 26.3 Å². The van der Waals surface area contributed by atoms with E-state index < -0.39 is 8.25 Å². The Morgan fingerprint density at radius 2 is 1.44 bits per heavy atom. The Balaban J connectivity index is 3.44. The van der Waals surface area contributed by atoms with Crippen LogP contribution in [0.25, 0.3) is 0 Å². The molecule has 0 aliphatic carbocycles. The van der Waals surface area contributed by atoms with Crippen molar-refractivity contribution in [3.05, 3.63) is 25.3 Å². The van der Waals surface area contributed by atoms with Crippen LogP contribution in [0.15, 0.2) is 35.3 Å². The molecule has 0 saturated carbocycles. The number of aliphatic imine (C=N–C) groups is 2. The molecule has 16 heavy (non-hydrogen) atoms. The standard InChI is InChI=1S/C10H17N2O3P/c1-3-5-11-7-9-14-16(13)15-10-8-12-6-4-2/h3-4,7-8,16H,1-2,5-6,9-10H2. The predicted molar refractivity (Wildman–Crippen MR) is 68.0 cm³/mol. The molecule has 90 valence electrons. The lowest BCUT2D eigenvalue weighted by Crippen LogP contribution is -1.93. The zero-order valence-corrected chi connectivity index (χ0v) is 10.2. The van der Waals surface area contributed by atoms with Crippen molar-refractivity contribution in [2.24, 2.45) is 9.98 Å². The van der Waals surface area contributed by atoms with Crippen LogP contribution in [-0.4, -0.2) is 38.7 Å². The molecule has 0 radical (unpaired) electrons. The second-order valence-electron chi connectivity index (χ2n) is 2.54. The highest BCUT2D eigenvalue weighted by Crippen LogP contribution is 2.21. The molecule has 0 fully saturated rings. The highest BCUT2D eigenvalue weighted by molar-refractivity contribution is 7.33. The van der Waals surface area contributed by atoms with E-state index in [-0.39, 0.29) is 13.2 Å². The van der Waals surface area contributed by atoms with Crippen molar-refractivity contribution in [3.63, 3.8) is 0 Å². The fourth-order valence-corrected chi connectivity index (χ4v) is 1.16. The van der Waals surface area contributed by atoms with Crippen LogP contribution in [0, 0.1) is 0 Å². The fourth-order valence-electron chi connectivity index (χ4n) is 0.656. The third kappa shape index (κ3) is 11.0. The van der Waals surface area contributed by atoms with Crippen LogP contribution < -0.4 is 0 Å². The molecule has 5 nitrogen and oxygen atoms in total. The van der Waals surface area contributed by atoms with E-state index in [0.717, 1.165) is 0 Å². The first-order valence-corrected chi connectivity index (χ1v) is 6.01. The van der Waals surface area contributed by atoms with Crippen molar-refractivity contribution in [2.45, 2.75) is 0 Å². The van der Waals surface area contributed by atoms with E-state index in [9.17, 15) is 4.57 Å². The summed E-state index contributed by atoms with van der Waals surface area (Å²) in [4.78, 5) is 7.80. The Labute approximate surface area is 96.5 Å². The van der Waals surface area contributed by atoms with Gasteiger partial charge in [-0.3, -0.25) is 14.5 Å². The molecule has 0 rings (SSSR count). The third-order valence-corrected chi connectivity index (χ3v) is 2.08. The zero-order chi connectivity index (χ0) is 12.1. The van der Waals surface area contributed by atoms with Gasteiger partial charge in [0.15, 0.2) is 0 Å². The molecule has 0 saturated heterocycles. The summed E-state index contributed by atoms with van der Waals surface area (Å²) in [5.41, 5.74) is 0. The highest BCUT2D eigenvalue weighted by atomic mass is 31.1. The van der Waals surface area contributed by atoms with Crippen LogP contribution in [0.1, 0.15) is 0 Å². The number of hydrogen-bond donors (Lipinski definition) is 0. The van der Waals surface area contributed by atoms with Gasteiger partial charge in [-0.1, -0.05) is 12.2 Å². The Bertz CT molecular complexity index is 251. The van der Waals surface area contributed by atoms with E-state index in [1.54, 1.807) is 12.2 Å². The molecule has 0 aromatic heterocycles. The average Bonchev–Trinajstić information content (AvgIpc) is 2.28. The van der Waals surface area contributed by atoms with Crippen LogP contribution in [-0.2, 0) is 13.6 Å². The lowest BCUT2D eigenvalue weighted by atomic mass is 10.6. The van der Waals surface area contributed by atoms with Gasteiger partial charge in [-0.2, -0.15) is 0 Å². The first-order valence-electron chi connectivity index (χ1n) is 4.79. The number of nitrogens with zero attached hydrogens (tertiary/aromatic N) is 2. The van der Waals surface area contributed by atoms with Crippen molar-refractivity contribution in [1.29, 1.82) is 0 Å². The molecule has 0 bridgehead atoms. The summed E-state index contributed by atoms with van der Waals surface area (Å²) in [7, 11) is -2.45. The molecular weight excluding hydrogens is 227 g/mol. The van der Waals surface area contributed by atoms with Gasteiger partial charge >= 0.3 is 8.25 Å². The topological polar surface area (TPSA) is 60.2 Å². The summed E-state index contributed by atoms with van der Waals surface area (Å²) < 4.78 is 20.8. The van der Waals surface area contributed by atoms with Crippen LogP contribution in [0.3, 0.4) is 0 Å². The Morgan fingerprint density at radius 1 is 1.00 bits per heavy atom. The molecule has 0 atom stereocenters. The molecule has 0 amide bonds. The van der Waals surface area contributed by atoms with Crippen molar-refractivity contribution in [3.8, 4) is 0 Å². The molecule has 0 aromatic rings. The Morgan fingerprint density at radius 3 is 1.81 bits per heavy atom. The lowest BCUT2D eigenvalue weighted by Gasteiger charge is -1.99. The smallest absolute Gasteiger partial charge is 0.305 e. The molecular formula is C10H17N2O3P. The van der Waals surface area contributed by atoms with E-state index in [0.29, 0.717) is 13.1 Å². The second-order valence-corrected chi connectivity index (χ2v) is 3.62. The number of rotatable bonds is 10. The van der Waals surface area contributed by atoms with Gasteiger partial charge in [-0.25, -0.2) is 0 Å². The highest BCUT2D eigenvalue weighted by Gasteiger charge is 1.95. The maximum absolute atomic E-state index is 11.1. The monoisotopic (exact) mass is 244 g/mol. The third-order valence-electron chi connectivity index (χ3n) is 1.28. The van der Waals surface area contributed by atoms with Gasteiger partial charge < -0.3 is 9.05 Å². The molecule has 0 unspecified atom stereocenters. The minimum Gasteiger partial charge on any atom is -0.305 e. The summed E-state index contributed by atoms with van der Waals surface area (Å²) >= 11 is 0. The van der Waals surface area contributed by atoms with Crippen molar-refractivity contribution in [1.82, 2.24) is 0 Å². The van der Waals surface area contributed by atoms with Gasteiger partial charge in [-0.05, 0) is 0 Å². The minimum absolute atomic E-state index is 0.176. The summed E-state index contributed by atoms with van der Waals surface area (Å²) in [5, 5.41) is 0. The first-order chi connectivity index (χ1) is 7.81. The van der Waals surface area contributed by atoms with Crippen molar-refractivity contribution < 1.29 is 13.6 Å². The van der Waals surface area contributed by atoms with Crippen LogP contribution in [0.5, 0.6) is 0 Å². The molecule has 0 aromatic carbocycles. The summed E-state index contributed by atoms with van der Waals surface area (Å²) in [6.07, 6.45) is 6.37. The molecule has 0 N–H and O–H groups in total. The van der Waals surface area contributed by atoms with Gasteiger partial charge in [0.1, 0.15) is 0 Å². The molecule has 6 heteroatoms. The van der Waals surface area contributed by atoms with E-state index in [4.69, 9.17) is 9.05 Å². The molecule has 0 aliphatic heterocycles. The summed E-state index contributed by atoms with van der Waals surface area (Å²) in [6, 6.07) is 0. The van der Waals surface area contributed by atoms with E-state index in [2.05, 4.69) is 23.1 Å². The summed E-state index contributed by atoms with van der Waals surface area (Å²) in [6.45, 7) is 8.41.